The number of nitrogens with zero attached hydrogens (tertiary/aromatic N) is 1. The molecule has 0 bridgehead atoms. The van der Waals surface area contributed by atoms with Crippen LogP contribution in [0.1, 0.15) is 19.7 Å². The summed E-state index contributed by atoms with van der Waals surface area (Å²) in [6.07, 6.45) is 0. The van der Waals surface area contributed by atoms with E-state index in [1.54, 1.807) is 6.07 Å². The second-order valence-corrected chi connectivity index (χ2v) is 4.29. The number of aliphatic hydroxyl groups is 1. The molecule has 0 aliphatic heterocycles. The van der Waals surface area contributed by atoms with Gasteiger partial charge in [-0.15, -0.1) is 0 Å². The molecule has 15 heavy (non-hydrogen) atoms. The van der Waals surface area contributed by atoms with Crippen molar-refractivity contribution in [2.24, 2.45) is 0 Å². The van der Waals surface area contributed by atoms with E-state index in [0.29, 0.717) is 16.9 Å². The Labute approximate surface area is 87.0 Å². The Morgan fingerprint density at radius 2 is 2.20 bits per heavy atom. The van der Waals surface area contributed by atoms with Gasteiger partial charge in [-0.3, -0.25) is 0 Å². The van der Waals surface area contributed by atoms with Crippen LogP contribution in [0.4, 0.5) is 4.39 Å². The van der Waals surface area contributed by atoms with E-state index in [4.69, 9.17) is 0 Å². The quantitative estimate of drug-likeness (QED) is 0.792. The summed E-state index contributed by atoms with van der Waals surface area (Å²) >= 11 is 0. The van der Waals surface area contributed by atoms with Gasteiger partial charge in [0, 0.05) is 5.41 Å². The third-order valence-corrected chi connectivity index (χ3v) is 2.48. The summed E-state index contributed by atoms with van der Waals surface area (Å²) in [5.41, 5.74) is 0.939. The molecular formula is C11H13FN2O. The zero-order valence-electron chi connectivity index (χ0n) is 8.71. The SMILES string of the molecule is CC(C)(CO)c1nc2ccc(F)cc2[nH]1. The van der Waals surface area contributed by atoms with Crippen LogP contribution >= 0.6 is 0 Å². The van der Waals surface area contributed by atoms with Crippen molar-refractivity contribution in [3.63, 3.8) is 0 Å². The summed E-state index contributed by atoms with van der Waals surface area (Å²) in [6, 6.07) is 4.40. The Bertz CT molecular complexity index is 490. The van der Waals surface area contributed by atoms with Gasteiger partial charge in [0.05, 0.1) is 17.6 Å². The third-order valence-electron chi connectivity index (χ3n) is 2.48. The summed E-state index contributed by atoms with van der Waals surface area (Å²) in [5.74, 6) is 0.380. The lowest BCUT2D eigenvalue weighted by Crippen LogP contribution is -2.23. The highest BCUT2D eigenvalue weighted by Gasteiger charge is 2.23. The van der Waals surface area contributed by atoms with Crippen LogP contribution in [-0.4, -0.2) is 21.7 Å². The molecule has 0 radical (unpaired) electrons. The molecule has 4 heteroatoms. The number of hydrogen-bond acceptors (Lipinski definition) is 2. The van der Waals surface area contributed by atoms with Gasteiger partial charge in [0.15, 0.2) is 0 Å². The monoisotopic (exact) mass is 208 g/mol. The first kappa shape index (κ1) is 10.1. The zero-order chi connectivity index (χ0) is 11.1. The van der Waals surface area contributed by atoms with Gasteiger partial charge in [0.2, 0.25) is 0 Å². The van der Waals surface area contributed by atoms with Crippen LogP contribution in [0.15, 0.2) is 18.2 Å². The molecule has 0 unspecified atom stereocenters. The van der Waals surface area contributed by atoms with Crippen LogP contribution in [0.2, 0.25) is 0 Å². The fourth-order valence-electron chi connectivity index (χ4n) is 1.38. The highest BCUT2D eigenvalue weighted by molar-refractivity contribution is 5.75. The summed E-state index contributed by atoms with van der Waals surface area (Å²) in [7, 11) is 0. The molecule has 2 N–H and O–H groups in total. The number of imidazole rings is 1. The number of aromatic nitrogens is 2. The van der Waals surface area contributed by atoms with Crippen molar-refractivity contribution in [2.75, 3.05) is 6.61 Å². The second-order valence-electron chi connectivity index (χ2n) is 4.29. The molecule has 1 aromatic carbocycles. The van der Waals surface area contributed by atoms with Crippen LogP contribution in [0.25, 0.3) is 11.0 Å². The molecule has 0 aliphatic rings. The minimum atomic E-state index is -0.435. The molecule has 0 fully saturated rings. The number of rotatable bonds is 2. The fourth-order valence-corrected chi connectivity index (χ4v) is 1.38. The number of aliphatic hydroxyl groups excluding tert-OH is 1. The molecule has 0 aliphatic carbocycles. The van der Waals surface area contributed by atoms with Crippen LogP contribution in [0, 0.1) is 5.82 Å². The molecule has 1 aromatic heterocycles. The van der Waals surface area contributed by atoms with Gasteiger partial charge in [-0.1, -0.05) is 13.8 Å². The third kappa shape index (κ3) is 1.72. The Balaban J connectivity index is 2.56. The molecule has 0 atom stereocenters. The molecule has 2 rings (SSSR count). The molecule has 0 saturated carbocycles. The maximum Gasteiger partial charge on any atom is 0.125 e. The van der Waals surface area contributed by atoms with Crippen molar-refractivity contribution in [2.45, 2.75) is 19.3 Å². The lowest BCUT2D eigenvalue weighted by molar-refractivity contribution is 0.213. The molecule has 0 amide bonds. The maximum absolute atomic E-state index is 12.9. The highest BCUT2D eigenvalue weighted by atomic mass is 19.1. The summed E-state index contributed by atoms with van der Waals surface area (Å²) in [4.78, 5) is 7.33. The highest BCUT2D eigenvalue weighted by Crippen LogP contribution is 2.22. The van der Waals surface area contributed by atoms with E-state index in [1.807, 2.05) is 13.8 Å². The molecule has 0 spiro atoms. The van der Waals surface area contributed by atoms with Gasteiger partial charge >= 0.3 is 0 Å². The van der Waals surface area contributed by atoms with E-state index < -0.39 is 5.41 Å². The van der Waals surface area contributed by atoms with Crippen molar-refractivity contribution >= 4 is 11.0 Å². The Kier molecular flexibility index (Phi) is 2.23. The number of fused-ring (bicyclic) bond motifs is 1. The average molecular weight is 208 g/mol. The van der Waals surface area contributed by atoms with Gasteiger partial charge in [0.1, 0.15) is 11.6 Å². The van der Waals surface area contributed by atoms with Crippen LogP contribution in [-0.2, 0) is 5.41 Å². The Morgan fingerprint density at radius 3 is 2.87 bits per heavy atom. The van der Waals surface area contributed by atoms with Gasteiger partial charge in [-0.25, -0.2) is 9.37 Å². The van der Waals surface area contributed by atoms with E-state index >= 15 is 0 Å². The van der Waals surface area contributed by atoms with Crippen molar-refractivity contribution in [1.82, 2.24) is 9.97 Å². The molecule has 2 aromatic rings. The van der Waals surface area contributed by atoms with Crippen LogP contribution in [0.3, 0.4) is 0 Å². The van der Waals surface area contributed by atoms with E-state index in [1.165, 1.54) is 12.1 Å². The summed E-state index contributed by atoms with van der Waals surface area (Å²) in [5, 5.41) is 9.19. The fraction of sp³-hybridized carbons (Fsp3) is 0.364. The van der Waals surface area contributed by atoms with Crippen molar-refractivity contribution in [1.29, 1.82) is 0 Å². The maximum atomic E-state index is 12.9. The Morgan fingerprint density at radius 1 is 1.47 bits per heavy atom. The van der Waals surface area contributed by atoms with E-state index in [0.717, 1.165) is 0 Å². The van der Waals surface area contributed by atoms with Crippen molar-refractivity contribution in [3.8, 4) is 0 Å². The lowest BCUT2D eigenvalue weighted by Gasteiger charge is -2.17. The minimum Gasteiger partial charge on any atom is -0.395 e. The lowest BCUT2D eigenvalue weighted by atomic mass is 9.94. The van der Waals surface area contributed by atoms with Gasteiger partial charge in [-0.05, 0) is 18.2 Å². The normalized spacial score (nSPS) is 12.3. The number of hydrogen-bond donors (Lipinski definition) is 2. The average Bonchev–Trinajstić information content (AvgIpc) is 2.61. The first-order valence-electron chi connectivity index (χ1n) is 4.79. The standard InChI is InChI=1S/C11H13FN2O/c1-11(2,6-15)10-13-8-4-3-7(12)5-9(8)14-10/h3-5,15H,6H2,1-2H3,(H,13,14). The topological polar surface area (TPSA) is 48.9 Å². The molecule has 80 valence electrons. The predicted molar refractivity (Wildman–Crippen MR) is 56.2 cm³/mol. The number of halogens is 1. The smallest absolute Gasteiger partial charge is 0.125 e. The zero-order valence-corrected chi connectivity index (χ0v) is 8.71. The Hall–Kier alpha value is -1.42. The summed E-state index contributed by atoms with van der Waals surface area (Å²) in [6.45, 7) is 3.75. The largest absolute Gasteiger partial charge is 0.395 e. The van der Waals surface area contributed by atoms with E-state index in [2.05, 4.69) is 9.97 Å². The summed E-state index contributed by atoms with van der Waals surface area (Å²) < 4.78 is 12.9. The first-order chi connectivity index (χ1) is 7.03. The van der Waals surface area contributed by atoms with E-state index in [-0.39, 0.29) is 12.4 Å². The minimum absolute atomic E-state index is 0.00466. The van der Waals surface area contributed by atoms with Gasteiger partial charge in [0.25, 0.3) is 0 Å². The van der Waals surface area contributed by atoms with Crippen LogP contribution in [0.5, 0.6) is 0 Å². The molecule has 1 heterocycles. The molecule has 0 saturated heterocycles. The first-order valence-corrected chi connectivity index (χ1v) is 4.79. The number of nitrogens with one attached hydrogen (secondary N) is 1. The van der Waals surface area contributed by atoms with E-state index in [9.17, 15) is 9.50 Å². The van der Waals surface area contributed by atoms with Crippen LogP contribution < -0.4 is 0 Å². The number of aromatic amines is 1. The number of benzene rings is 1. The molecular weight excluding hydrogens is 195 g/mol. The van der Waals surface area contributed by atoms with Gasteiger partial charge < -0.3 is 10.1 Å². The second kappa shape index (κ2) is 3.31. The molecule has 3 nitrogen and oxygen atoms in total. The van der Waals surface area contributed by atoms with Gasteiger partial charge in [-0.2, -0.15) is 0 Å². The van der Waals surface area contributed by atoms with Crippen molar-refractivity contribution < 1.29 is 9.50 Å². The number of H-pyrrole nitrogens is 1. The predicted octanol–water partition coefficient (Wildman–Crippen LogP) is 1.97. The van der Waals surface area contributed by atoms with Crippen molar-refractivity contribution in [3.05, 3.63) is 29.8 Å².